The molecule has 0 atom stereocenters. The third-order valence-electron chi connectivity index (χ3n) is 3.32. The van der Waals surface area contributed by atoms with Crippen LogP contribution in [0.25, 0.3) is 0 Å². The molecule has 0 bridgehead atoms. The Bertz CT molecular complexity index is 524. The van der Waals surface area contributed by atoms with Crippen molar-refractivity contribution in [3.63, 3.8) is 0 Å². The largest absolute Gasteiger partial charge is 0.394 e. The molecule has 0 aliphatic heterocycles. The van der Waals surface area contributed by atoms with Gasteiger partial charge in [-0.1, -0.05) is 34.8 Å². The minimum atomic E-state index is -3.58. The minimum absolute atomic E-state index is 0.153. The predicted octanol–water partition coefficient (Wildman–Crippen LogP) is 2.03. The predicted molar refractivity (Wildman–Crippen MR) is 72.7 cm³/mol. The van der Waals surface area contributed by atoms with Crippen molar-refractivity contribution in [1.82, 2.24) is 4.72 Å². The number of aliphatic hydroxyl groups is 1. The maximum Gasteiger partial charge on any atom is 0.241 e. The van der Waals surface area contributed by atoms with E-state index in [1.54, 1.807) is 24.3 Å². The minimum Gasteiger partial charge on any atom is -0.394 e. The fourth-order valence-electron chi connectivity index (χ4n) is 2.32. The number of sulfonamides is 1. The van der Waals surface area contributed by atoms with Gasteiger partial charge in [0.25, 0.3) is 0 Å². The summed E-state index contributed by atoms with van der Waals surface area (Å²) in [5, 5.41) is 9.45. The van der Waals surface area contributed by atoms with Gasteiger partial charge in [0, 0.05) is 4.47 Å². The molecule has 1 aromatic rings. The van der Waals surface area contributed by atoms with E-state index in [4.69, 9.17) is 0 Å². The van der Waals surface area contributed by atoms with Crippen molar-refractivity contribution in [1.29, 1.82) is 0 Å². The van der Waals surface area contributed by atoms with Crippen molar-refractivity contribution in [3.05, 3.63) is 28.7 Å². The van der Waals surface area contributed by atoms with Crippen LogP contribution in [0.5, 0.6) is 0 Å². The van der Waals surface area contributed by atoms with E-state index in [2.05, 4.69) is 20.7 Å². The lowest BCUT2D eigenvalue weighted by atomic mass is 10.0. The molecule has 0 unspecified atom stereocenters. The summed E-state index contributed by atoms with van der Waals surface area (Å²) in [5.74, 6) is 0. The number of hydrogen-bond donors (Lipinski definition) is 2. The third kappa shape index (κ3) is 2.93. The van der Waals surface area contributed by atoms with Crippen LogP contribution in [-0.2, 0) is 10.0 Å². The second-order valence-corrected chi connectivity index (χ2v) is 7.31. The maximum atomic E-state index is 12.3. The van der Waals surface area contributed by atoms with Crippen LogP contribution in [0.2, 0.25) is 0 Å². The van der Waals surface area contributed by atoms with Crippen molar-refractivity contribution in [2.75, 3.05) is 6.61 Å². The molecule has 2 rings (SSSR count). The zero-order valence-electron chi connectivity index (χ0n) is 9.89. The Balaban J connectivity index is 2.27. The molecule has 1 aliphatic carbocycles. The number of benzene rings is 1. The Morgan fingerprint density at radius 2 is 2.00 bits per heavy atom. The number of halogens is 1. The molecule has 18 heavy (non-hydrogen) atoms. The van der Waals surface area contributed by atoms with Crippen molar-refractivity contribution in [2.45, 2.75) is 36.1 Å². The normalized spacial score (nSPS) is 19.0. The summed E-state index contributed by atoms with van der Waals surface area (Å²) in [5.41, 5.74) is -0.679. The zero-order valence-corrected chi connectivity index (χ0v) is 12.3. The van der Waals surface area contributed by atoms with Crippen LogP contribution >= 0.6 is 15.9 Å². The van der Waals surface area contributed by atoms with Gasteiger partial charge in [-0.3, -0.25) is 0 Å². The van der Waals surface area contributed by atoms with Crippen LogP contribution in [0.4, 0.5) is 0 Å². The quantitative estimate of drug-likeness (QED) is 0.885. The van der Waals surface area contributed by atoms with Crippen LogP contribution < -0.4 is 4.72 Å². The first-order valence-corrected chi connectivity index (χ1v) is 8.15. The van der Waals surface area contributed by atoms with Crippen LogP contribution in [0.1, 0.15) is 25.7 Å². The highest BCUT2D eigenvalue weighted by Crippen LogP contribution is 2.31. The highest BCUT2D eigenvalue weighted by atomic mass is 79.9. The topological polar surface area (TPSA) is 66.4 Å². The molecule has 100 valence electrons. The third-order valence-corrected chi connectivity index (χ3v) is 5.39. The van der Waals surface area contributed by atoms with Gasteiger partial charge in [0.1, 0.15) is 0 Å². The van der Waals surface area contributed by atoms with Gasteiger partial charge in [-0.25, -0.2) is 13.1 Å². The van der Waals surface area contributed by atoms with Gasteiger partial charge in [-0.2, -0.15) is 0 Å². The van der Waals surface area contributed by atoms with E-state index in [9.17, 15) is 13.5 Å². The van der Waals surface area contributed by atoms with E-state index in [1.165, 1.54) is 0 Å². The van der Waals surface area contributed by atoms with E-state index < -0.39 is 15.6 Å². The first-order chi connectivity index (χ1) is 8.47. The second-order valence-electron chi connectivity index (χ2n) is 4.71. The van der Waals surface area contributed by atoms with E-state index in [-0.39, 0.29) is 11.5 Å². The average molecular weight is 334 g/mol. The molecule has 1 aliphatic rings. The lowest BCUT2D eigenvalue weighted by Gasteiger charge is -2.27. The molecule has 0 amide bonds. The van der Waals surface area contributed by atoms with Gasteiger partial charge < -0.3 is 5.11 Å². The van der Waals surface area contributed by atoms with E-state index >= 15 is 0 Å². The lowest BCUT2D eigenvalue weighted by Crippen LogP contribution is -2.49. The highest BCUT2D eigenvalue weighted by molar-refractivity contribution is 9.10. The molecule has 1 saturated carbocycles. The summed E-state index contributed by atoms with van der Waals surface area (Å²) < 4.78 is 27.9. The van der Waals surface area contributed by atoms with Gasteiger partial charge in [0.05, 0.1) is 17.0 Å². The maximum absolute atomic E-state index is 12.3. The van der Waals surface area contributed by atoms with Crippen LogP contribution in [0.3, 0.4) is 0 Å². The van der Waals surface area contributed by atoms with Gasteiger partial charge in [0.2, 0.25) is 10.0 Å². The second kappa shape index (κ2) is 5.28. The summed E-state index contributed by atoms with van der Waals surface area (Å²) >= 11 is 3.26. The molecule has 1 fully saturated rings. The van der Waals surface area contributed by atoms with Crippen molar-refractivity contribution < 1.29 is 13.5 Å². The molecule has 0 heterocycles. The Hall–Kier alpha value is -0.430. The van der Waals surface area contributed by atoms with Crippen LogP contribution in [0.15, 0.2) is 33.6 Å². The van der Waals surface area contributed by atoms with Crippen molar-refractivity contribution in [2.24, 2.45) is 0 Å². The Morgan fingerprint density at radius 3 is 2.56 bits per heavy atom. The Morgan fingerprint density at radius 1 is 1.33 bits per heavy atom. The van der Waals surface area contributed by atoms with E-state index in [0.29, 0.717) is 12.8 Å². The Labute approximate surface area is 116 Å². The average Bonchev–Trinajstić information content (AvgIpc) is 2.77. The standard InChI is InChI=1S/C12H16BrNO3S/c13-10-4-3-5-11(8-10)18(16,17)14-12(9-15)6-1-2-7-12/h3-5,8,14-15H,1-2,6-7,9H2. The van der Waals surface area contributed by atoms with Gasteiger partial charge >= 0.3 is 0 Å². The molecule has 0 spiro atoms. The molecule has 0 saturated heterocycles. The van der Waals surface area contributed by atoms with Gasteiger partial charge in [-0.05, 0) is 31.0 Å². The number of aliphatic hydroxyl groups excluding tert-OH is 1. The fourth-order valence-corrected chi connectivity index (χ4v) is 4.37. The monoisotopic (exact) mass is 333 g/mol. The lowest BCUT2D eigenvalue weighted by molar-refractivity contribution is 0.185. The summed E-state index contributed by atoms with van der Waals surface area (Å²) in [4.78, 5) is 0.219. The first-order valence-electron chi connectivity index (χ1n) is 5.88. The summed E-state index contributed by atoms with van der Waals surface area (Å²) in [7, 11) is -3.58. The molecule has 0 radical (unpaired) electrons. The molecule has 4 nitrogen and oxygen atoms in total. The fraction of sp³-hybridized carbons (Fsp3) is 0.500. The van der Waals surface area contributed by atoms with Crippen LogP contribution in [0, 0.1) is 0 Å². The van der Waals surface area contributed by atoms with Crippen LogP contribution in [-0.4, -0.2) is 25.7 Å². The number of rotatable bonds is 4. The van der Waals surface area contributed by atoms with Crippen molar-refractivity contribution >= 4 is 26.0 Å². The molecule has 1 aromatic carbocycles. The molecule has 6 heteroatoms. The smallest absolute Gasteiger partial charge is 0.241 e. The van der Waals surface area contributed by atoms with E-state index in [1.807, 2.05) is 0 Å². The van der Waals surface area contributed by atoms with E-state index in [0.717, 1.165) is 17.3 Å². The molecule has 0 aromatic heterocycles. The molecule has 2 N–H and O–H groups in total. The summed E-state index contributed by atoms with van der Waals surface area (Å²) in [6.07, 6.45) is 3.27. The zero-order chi connectivity index (χ0) is 13.2. The van der Waals surface area contributed by atoms with Crippen molar-refractivity contribution in [3.8, 4) is 0 Å². The first kappa shape index (κ1) is 14.0. The SMILES string of the molecule is O=S(=O)(NC1(CO)CCCC1)c1cccc(Br)c1. The number of hydrogen-bond acceptors (Lipinski definition) is 3. The summed E-state index contributed by atoms with van der Waals surface area (Å²) in [6.45, 7) is -0.153. The Kier molecular flexibility index (Phi) is 4.11. The number of nitrogens with one attached hydrogen (secondary N) is 1. The summed E-state index contributed by atoms with van der Waals surface area (Å²) in [6, 6.07) is 6.56. The molecular formula is C12H16BrNO3S. The molecular weight excluding hydrogens is 318 g/mol. The highest BCUT2D eigenvalue weighted by Gasteiger charge is 2.37. The van der Waals surface area contributed by atoms with Gasteiger partial charge in [0.15, 0.2) is 0 Å². The van der Waals surface area contributed by atoms with Gasteiger partial charge in [-0.15, -0.1) is 0 Å².